The molecule has 1 fully saturated rings. The minimum absolute atomic E-state index is 0.116. The van der Waals surface area contributed by atoms with Gasteiger partial charge in [0.2, 0.25) is 11.8 Å². The van der Waals surface area contributed by atoms with Gasteiger partial charge in [-0.25, -0.2) is 0 Å². The summed E-state index contributed by atoms with van der Waals surface area (Å²) >= 11 is 6.65. The fourth-order valence-corrected chi connectivity index (χ4v) is 2.97. The Labute approximate surface area is 118 Å². The molecule has 102 valence electrons. The standard InChI is InChI=1S/C12H20N2O2S2/c1-4-12(6-5-7-18-8(2)3)9(15)13-11(17)14-10(12)16/h8H,4-7H2,1-3H3,(H2,13,14,15,16,17). The maximum atomic E-state index is 12.0. The maximum Gasteiger partial charge on any atom is 0.241 e. The zero-order chi connectivity index (χ0) is 13.8. The van der Waals surface area contributed by atoms with E-state index in [-0.39, 0.29) is 16.9 Å². The molecule has 1 aliphatic rings. The van der Waals surface area contributed by atoms with Gasteiger partial charge < -0.3 is 10.6 Å². The molecule has 2 N–H and O–H groups in total. The van der Waals surface area contributed by atoms with Crippen molar-refractivity contribution < 1.29 is 9.59 Å². The predicted molar refractivity (Wildman–Crippen MR) is 78.4 cm³/mol. The van der Waals surface area contributed by atoms with Crippen LogP contribution < -0.4 is 10.6 Å². The lowest BCUT2D eigenvalue weighted by atomic mass is 9.78. The molecular weight excluding hydrogens is 268 g/mol. The van der Waals surface area contributed by atoms with E-state index in [0.717, 1.165) is 12.2 Å². The number of rotatable bonds is 6. The fraction of sp³-hybridized carbons (Fsp3) is 0.750. The van der Waals surface area contributed by atoms with Crippen molar-refractivity contribution in [3.05, 3.63) is 0 Å². The number of amides is 2. The first-order valence-corrected chi connectivity index (χ1v) is 7.66. The zero-order valence-electron chi connectivity index (χ0n) is 11.0. The Bertz CT molecular complexity index is 336. The van der Waals surface area contributed by atoms with Crippen LogP contribution >= 0.6 is 24.0 Å². The molecule has 0 radical (unpaired) electrons. The van der Waals surface area contributed by atoms with Crippen LogP contribution in [0.5, 0.6) is 0 Å². The van der Waals surface area contributed by atoms with Crippen LogP contribution in [0.1, 0.15) is 40.0 Å². The van der Waals surface area contributed by atoms with E-state index in [0.29, 0.717) is 18.1 Å². The Morgan fingerprint density at radius 3 is 2.28 bits per heavy atom. The van der Waals surface area contributed by atoms with Crippen LogP contribution in [0, 0.1) is 5.41 Å². The highest BCUT2D eigenvalue weighted by Crippen LogP contribution is 2.31. The molecule has 2 amide bonds. The number of hydrogen-bond donors (Lipinski definition) is 2. The Kier molecular flexibility index (Phi) is 5.59. The maximum absolute atomic E-state index is 12.0. The topological polar surface area (TPSA) is 58.2 Å². The van der Waals surface area contributed by atoms with Crippen molar-refractivity contribution in [3.8, 4) is 0 Å². The van der Waals surface area contributed by atoms with Gasteiger partial charge in [0.05, 0.1) is 0 Å². The minimum atomic E-state index is -0.945. The van der Waals surface area contributed by atoms with Crippen molar-refractivity contribution in [3.63, 3.8) is 0 Å². The molecule has 0 aromatic carbocycles. The van der Waals surface area contributed by atoms with Crippen LogP contribution in [-0.2, 0) is 9.59 Å². The summed E-state index contributed by atoms with van der Waals surface area (Å²) in [7, 11) is 0. The zero-order valence-corrected chi connectivity index (χ0v) is 12.7. The third-order valence-corrected chi connectivity index (χ3v) is 4.52. The van der Waals surface area contributed by atoms with Gasteiger partial charge in [-0.3, -0.25) is 9.59 Å². The summed E-state index contributed by atoms with van der Waals surface area (Å²) in [4.78, 5) is 24.1. The van der Waals surface area contributed by atoms with Gasteiger partial charge in [0, 0.05) is 0 Å². The highest BCUT2D eigenvalue weighted by atomic mass is 32.2. The first-order chi connectivity index (χ1) is 8.42. The molecule has 0 bridgehead atoms. The molecule has 0 spiro atoms. The Hall–Kier alpha value is -0.620. The molecule has 18 heavy (non-hydrogen) atoms. The van der Waals surface area contributed by atoms with Crippen LogP contribution in [0.2, 0.25) is 0 Å². The average molecular weight is 288 g/mol. The summed E-state index contributed by atoms with van der Waals surface area (Å²) in [6.07, 6.45) is 1.92. The molecule has 0 unspecified atom stereocenters. The lowest BCUT2D eigenvalue weighted by Crippen LogP contribution is -2.62. The number of nitrogens with one attached hydrogen (secondary N) is 2. The Morgan fingerprint density at radius 2 is 1.83 bits per heavy atom. The third-order valence-electron chi connectivity index (χ3n) is 3.13. The summed E-state index contributed by atoms with van der Waals surface area (Å²) in [5, 5.41) is 5.80. The molecule has 0 aromatic rings. The number of carbonyl (C=O) groups excluding carboxylic acids is 2. The first kappa shape index (κ1) is 15.4. The highest BCUT2D eigenvalue weighted by molar-refractivity contribution is 7.99. The molecule has 6 heteroatoms. The van der Waals surface area contributed by atoms with Crippen molar-refractivity contribution in [2.24, 2.45) is 5.41 Å². The summed E-state index contributed by atoms with van der Waals surface area (Å²) in [6, 6.07) is 0. The van der Waals surface area contributed by atoms with Gasteiger partial charge in [-0.2, -0.15) is 11.8 Å². The summed E-state index contributed by atoms with van der Waals surface area (Å²) in [5.41, 5.74) is -0.945. The predicted octanol–water partition coefficient (Wildman–Crippen LogP) is 1.84. The van der Waals surface area contributed by atoms with E-state index in [2.05, 4.69) is 24.5 Å². The second-order valence-corrected chi connectivity index (χ2v) is 6.79. The number of carbonyl (C=O) groups is 2. The van der Waals surface area contributed by atoms with Gasteiger partial charge in [-0.05, 0) is 42.5 Å². The van der Waals surface area contributed by atoms with Gasteiger partial charge in [0.15, 0.2) is 5.11 Å². The van der Waals surface area contributed by atoms with Gasteiger partial charge in [-0.15, -0.1) is 0 Å². The second kappa shape index (κ2) is 6.52. The van der Waals surface area contributed by atoms with Crippen LogP contribution in [0.4, 0.5) is 0 Å². The van der Waals surface area contributed by atoms with E-state index in [1.54, 1.807) is 0 Å². The highest BCUT2D eigenvalue weighted by Gasteiger charge is 2.47. The average Bonchev–Trinajstić information content (AvgIpc) is 2.27. The van der Waals surface area contributed by atoms with Crippen LogP contribution in [0.15, 0.2) is 0 Å². The van der Waals surface area contributed by atoms with Crippen molar-refractivity contribution in [1.82, 2.24) is 10.6 Å². The smallest absolute Gasteiger partial charge is 0.241 e. The molecule has 0 atom stereocenters. The summed E-state index contributed by atoms with van der Waals surface area (Å²) in [5.74, 6) is 0.450. The van der Waals surface area contributed by atoms with E-state index in [9.17, 15) is 9.59 Å². The van der Waals surface area contributed by atoms with Gasteiger partial charge in [-0.1, -0.05) is 20.8 Å². The molecule has 1 saturated heterocycles. The fourth-order valence-electron chi connectivity index (χ4n) is 2.00. The molecule has 0 saturated carbocycles. The van der Waals surface area contributed by atoms with E-state index in [1.165, 1.54) is 0 Å². The molecular formula is C12H20N2O2S2. The third kappa shape index (κ3) is 3.45. The SMILES string of the molecule is CCC1(CCCSC(C)C)C(=O)NC(=S)NC1=O. The summed E-state index contributed by atoms with van der Waals surface area (Å²) < 4.78 is 0. The lowest BCUT2D eigenvalue weighted by molar-refractivity contribution is -0.144. The van der Waals surface area contributed by atoms with Crippen molar-refractivity contribution >= 4 is 40.9 Å². The normalized spacial score (nSPS) is 18.8. The Morgan fingerprint density at radius 1 is 1.28 bits per heavy atom. The van der Waals surface area contributed by atoms with E-state index in [4.69, 9.17) is 12.2 Å². The largest absolute Gasteiger partial charge is 0.302 e. The molecule has 4 nitrogen and oxygen atoms in total. The van der Waals surface area contributed by atoms with Crippen molar-refractivity contribution in [2.75, 3.05) is 5.75 Å². The molecule has 1 aliphatic heterocycles. The van der Waals surface area contributed by atoms with Crippen LogP contribution in [0.3, 0.4) is 0 Å². The number of hydrogen-bond acceptors (Lipinski definition) is 4. The van der Waals surface area contributed by atoms with Gasteiger partial charge in [0.1, 0.15) is 5.41 Å². The van der Waals surface area contributed by atoms with Crippen LogP contribution in [-0.4, -0.2) is 27.9 Å². The minimum Gasteiger partial charge on any atom is -0.302 e. The Balaban J connectivity index is 2.63. The van der Waals surface area contributed by atoms with E-state index >= 15 is 0 Å². The first-order valence-electron chi connectivity index (χ1n) is 6.21. The second-order valence-electron chi connectivity index (χ2n) is 4.70. The van der Waals surface area contributed by atoms with Crippen molar-refractivity contribution in [2.45, 2.75) is 45.3 Å². The number of thioether (sulfide) groups is 1. The quantitative estimate of drug-likeness (QED) is 0.445. The lowest BCUT2D eigenvalue weighted by Gasteiger charge is -2.34. The summed E-state index contributed by atoms with van der Waals surface area (Å²) in [6.45, 7) is 6.14. The van der Waals surface area contributed by atoms with Gasteiger partial charge >= 0.3 is 0 Å². The van der Waals surface area contributed by atoms with Crippen LogP contribution in [0.25, 0.3) is 0 Å². The monoisotopic (exact) mass is 288 g/mol. The number of thiocarbonyl (C=S) groups is 1. The van der Waals surface area contributed by atoms with Gasteiger partial charge in [0.25, 0.3) is 0 Å². The van der Waals surface area contributed by atoms with Crippen molar-refractivity contribution in [1.29, 1.82) is 0 Å². The van der Waals surface area contributed by atoms with E-state index < -0.39 is 5.41 Å². The molecule has 1 rings (SSSR count). The molecule has 1 heterocycles. The molecule has 0 aliphatic carbocycles. The molecule has 0 aromatic heterocycles. The van der Waals surface area contributed by atoms with E-state index in [1.807, 2.05) is 18.7 Å².